The van der Waals surface area contributed by atoms with Gasteiger partial charge in [-0.25, -0.2) is 0 Å². The topological polar surface area (TPSA) is 38.3 Å². The van der Waals surface area contributed by atoms with Crippen LogP contribution in [0.25, 0.3) is 0 Å². The van der Waals surface area contributed by atoms with Gasteiger partial charge < -0.3 is 10.1 Å². The third kappa shape index (κ3) is 2.14. The van der Waals surface area contributed by atoms with Gasteiger partial charge in [-0.05, 0) is 26.3 Å². The first-order valence-electron chi connectivity index (χ1n) is 4.29. The fourth-order valence-corrected chi connectivity index (χ4v) is 1.66. The van der Waals surface area contributed by atoms with Gasteiger partial charge in [-0.1, -0.05) is 0 Å². The number of carbonyl (C=O) groups is 1. The molecule has 1 heterocycles. The molecule has 1 atom stereocenters. The van der Waals surface area contributed by atoms with E-state index in [2.05, 4.69) is 17.9 Å². The van der Waals surface area contributed by atoms with Crippen LogP contribution in [-0.2, 0) is 9.53 Å². The summed E-state index contributed by atoms with van der Waals surface area (Å²) in [6.45, 7) is 3.84. The monoisotopic (exact) mass is 189 g/mol. The Morgan fingerprint density at radius 2 is 2.50 bits per heavy atom. The standard InChI is InChI=1S/C8H15NO2S/c1-2-11-7(10)8(12)4-3-5-9-6-8/h9,12H,2-6H2,1H3/t8-/m1/s1. The van der Waals surface area contributed by atoms with E-state index in [1.807, 2.05) is 6.92 Å². The lowest BCUT2D eigenvalue weighted by Gasteiger charge is -2.30. The quantitative estimate of drug-likeness (QED) is 0.493. The molecule has 0 aromatic heterocycles. The molecule has 1 N–H and O–H groups in total. The van der Waals surface area contributed by atoms with Crippen molar-refractivity contribution in [1.29, 1.82) is 0 Å². The highest BCUT2D eigenvalue weighted by atomic mass is 32.1. The second-order valence-electron chi connectivity index (χ2n) is 3.03. The van der Waals surface area contributed by atoms with Gasteiger partial charge in [0, 0.05) is 6.54 Å². The van der Waals surface area contributed by atoms with Crippen molar-refractivity contribution in [3.8, 4) is 0 Å². The van der Waals surface area contributed by atoms with Crippen LogP contribution in [0, 0.1) is 0 Å². The van der Waals surface area contributed by atoms with E-state index >= 15 is 0 Å². The number of piperidine rings is 1. The molecular formula is C8H15NO2S. The number of ether oxygens (including phenoxy) is 1. The molecule has 70 valence electrons. The maximum atomic E-state index is 11.4. The van der Waals surface area contributed by atoms with Gasteiger partial charge in [0.1, 0.15) is 4.75 Å². The molecule has 1 saturated heterocycles. The summed E-state index contributed by atoms with van der Waals surface area (Å²) in [5, 5.41) is 3.14. The summed E-state index contributed by atoms with van der Waals surface area (Å²) in [5.41, 5.74) is 0. The van der Waals surface area contributed by atoms with Crippen LogP contribution in [-0.4, -0.2) is 30.4 Å². The zero-order valence-corrected chi connectivity index (χ0v) is 8.19. The first-order chi connectivity index (χ1) is 5.69. The largest absolute Gasteiger partial charge is 0.465 e. The van der Waals surface area contributed by atoms with Crippen LogP contribution in [0.1, 0.15) is 19.8 Å². The van der Waals surface area contributed by atoms with E-state index in [-0.39, 0.29) is 5.97 Å². The van der Waals surface area contributed by atoms with E-state index in [1.165, 1.54) is 0 Å². The van der Waals surface area contributed by atoms with Crippen molar-refractivity contribution in [2.45, 2.75) is 24.5 Å². The van der Waals surface area contributed by atoms with Gasteiger partial charge >= 0.3 is 5.97 Å². The van der Waals surface area contributed by atoms with Crippen molar-refractivity contribution in [3.05, 3.63) is 0 Å². The van der Waals surface area contributed by atoms with E-state index in [4.69, 9.17) is 4.74 Å². The predicted molar refractivity (Wildman–Crippen MR) is 50.5 cm³/mol. The number of esters is 1. The van der Waals surface area contributed by atoms with Gasteiger partial charge in [0.25, 0.3) is 0 Å². The van der Waals surface area contributed by atoms with Crippen molar-refractivity contribution in [1.82, 2.24) is 5.32 Å². The summed E-state index contributed by atoms with van der Waals surface area (Å²) < 4.78 is 4.34. The highest BCUT2D eigenvalue weighted by molar-refractivity contribution is 7.82. The maximum absolute atomic E-state index is 11.4. The molecule has 0 spiro atoms. The van der Waals surface area contributed by atoms with E-state index in [1.54, 1.807) is 0 Å². The van der Waals surface area contributed by atoms with Gasteiger partial charge in [-0.15, -0.1) is 0 Å². The molecule has 0 aromatic carbocycles. The molecule has 0 bridgehead atoms. The zero-order valence-electron chi connectivity index (χ0n) is 7.30. The number of hydrogen-bond donors (Lipinski definition) is 2. The van der Waals surface area contributed by atoms with Crippen LogP contribution in [0.5, 0.6) is 0 Å². The number of thiol groups is 1. The molecule has 12 heavy (non-hydrogen) atoms. The van der Waals surface area contributed by atoms with Crippen LogP contribution < -0.4 is 5.32 Å². The summed E-state index contributed by atoms with van der Waals surface area (Å²) in [6, 6.07) is 0. The smallest absolute Gasteiger partial charge is 0.323 e. The van der Waals surface area contributed by atoms with Crippen molar-refractivity contribution < 1.29 is 9.53 Å². The molecule has 0 unspecified atom stereocenters. The first-order valence-corrected chi connectivity index (χ1v) is 4.74. The van der Waals surface area contributed by atoms with E-state index < -0.39 is 4.75 Å². The summed E-state index contributed by atoms with van der Waals surface area (Å²) in [6.07, 6.45) is 1.80. The Morgan fingerprint density at radius 3 is 3.00 bits per heavy atom. The average molecular weight is 189 g/mol. The molecule has 0 radical (unpaired) electrons. The summed E-state index contributed by atoms with van der Waals surface area (Å²) in [7, 11) is 0. The molecule has 0 saturated carbocycles. The molecule has 0 aliphatic carbocycles. The Labute approximate surface area is 78.3 Å². The molecule has 1 aliphatic heterocycles. The van der Waals surface area contributed by atoms with Crippen LogP contribution >= 0.6 is 12.6 Å². The number of nitrogens with one attached hydrogen (secondary N) is 1. The van der Waals surface area contributed by atoms with Crippen LogP contribution in [0.15, 0.2) is 0 Å². The molecule has 4 heteroatoms. The minimum absolute atomic E-state index is 0.194. The van der Waals surface area contributed by atoms with Crippen molar-refractivity contribution >= 4 is 18.6 Å². The first kappa shape index (κ1) is 9.86. The fraction of sp³-hybridized carbons (Fsp3) is 0.875. The lowest BCUT2D eigenvalue weighted by atomic mass is 9.99. The molecule has 0 amide bonds. The van der Waals surface area contributed by atoms with Gasteiger partial charge in [0.15, 0.2) is 0 Å². The Bertz CT molecular complexity index is 166. The second kappa shape index (κ2) is 4.14. The SMILES string of the molecule is CCOC(=O)[C@@]1(S)CCCNC1. The van der Waals surface area contributed by atoms with Crippen molar-refractivity contribution in [2.75, 3.05) is 19.7 Å². The normalized spacial score (nSPS) is 29.8. The lowest BCUT2D eigenvalue weighted by Crippen LogP contribution is -2.48. The minimum Gasteiger partial charge on any atom is -0.465 e. The fourth-order valence-electron chi connectivity index (χ4n) is 1.33. The Balaban J connectivity index is 2.50. The number of hydrogen-bond acceptors (Lipinski definition) is 4. The predicted octanol–water partition coefficient (Wildman–Crippen LogP) is 0.601. The molecule has 0 aromatic rings. The Morgan fingerprint density at radius 1 is 1.75 bits per heavy atom. The van der Waals surface area contributed by atoms with Crippen LogP contribution in [0.4, 0.5) is 0 Å². The number of rotatable bonds is 2. The van der Waals surface area contributed by atoms with Gasteiger partial charge in [-0.2, -0.15) is 12.6 Å². The molecule has 3 nitrogen and oxygen atoms in total. The third-order valence-corrected chi connectivity index (χ3v) is 2.58. The van der Waals surface area contributed by atoms with Crippen LogP contribution in [0.2, 0.25) is 0 Å². The Hall–Kier alpha value is -0.220. The molecule has 1 rings (SSSR count). The highest BCUT2D eigenvalue weighted by Crippen LogP contribution is 2.24. The van der Waals surface area contributed by atoms with Crippen molar-refractivity contribution in [2.24, 2.45) is 0 Å². The second-order valence-corrected chi connectivity index (χ2v) is 3.89. The van der Waals surface area contributed by atoms with Crippen LogP contribution in [0.3, 0.4) is 0 Å². The number of carbonyl (C=O) groups excluding carboxylic acids is 1. The summed E-state index contributed by atoms with van der Waals surface area (Å²) >= 11 is 4.34. The van der Waals surface area contributed by atoms with E-state index in [0.717, 1.165) is 19.4 Å². The van der Waals surface area contributed by atoms with Crippen molar-refractivity contribution in [3.63, 3.8) is 0 Å². The average Bonchev–Trinajstić information content (AvgIpc) is 2.06. The van der Waals surface area contributed by atoms with E-state index in [9.17, 15) is 4.79 Å². The highest BCUT2D eigenvalue weighted by Gasteiger charge is 2.37. The zero-order chi connectivity index (χ0) is 9.03. The van der Waals surface area contributed by atoms with Gasteiger partial charge in [-0.3, -0.25) is 4.79 Å². The minimum atomic E-state index is -0.589. The third-order valence-electron chi connectivity index (χ3n) is 2.02. The lowest BCUT2D eigenvalue weighted by molar-refractivity contribution is -0.146. The Kier molecular flexibility index (Phi) is 3.40. The summed E-state index contributed by atoms with van der Waals surface area (Å²) in [5.74, 6) is -0.194. The van der Waals surface area contributed by atoms with Gasteiger partial charge in [0.05, 0.1) is 6.61 Å². The van der Waals surface area contributed by atoms with E-state index in [0.29, 0.717) is 13.2 Å². The maximum Gasteiger partial charge on any atom is 0.323 e. The molecular weight excluding hydrogens is 174 g/mol. The molecule has 1 aliphatic rings. The van der Waals surface area contributed by atoms with Gasteiger partial charge in [0.2, 0.25) is 0 Å². The molecule has 1 fully saturated rings. The summed E-state index contributed by atoms with van der Waals surface area (Å²) in [4.78, 5) is 11.4.